The third kappa shape index (κ3) is 3.74. The summed E-state index contributed by atoms with van der Waals surface area (Å²) < 4.78 is 28.3. The highest BCUT2D eigenvalue weighted by atomic mass is 35.5. The molecule has 3 nitrogen and oxygen atoms in total. The first-order valence-corrected chi connectivity index (χ1v) is 11.8. The summed E-state index contributed by atoms with van der Waals surface area (Å²) in [5.74, 6) is 0.750. The molecule has 1 saturated heterocycles. The first kappa shape index (κ1) is 18.8. The second-order valence-electron chi connectivity index (χ2n) is 6.55. The van der Waals surface area contributed by atoms with E-state index in [2.05, 4.69) is 0 Å². The van der Waals surface area contributed by atoms with Crippen LogP contribution in [0.5, 0.6) is 0 Å². The Morgan fingerprint density at radius 2 is 1.67 bits per heavy atom. The van der Waals surface area contributed by atoms with Gasteiger partial charge in [0, 0.05) is 34.5 Å². The van der Waals surface area contributed by atoms with E-state index in [1.165, 1.54) is 0 Å². The molecule has 0 aliphatic carbocycles. The summed E-state index contributed by atoms with van der Waals surface area (Å²) in [5, 5.41) is 2.68. The molecule has 3 aromatic carbocycles. The zero-order valence-electron chi connectivity index (χ0n) is 14.7. The Morgan fingerprint density at radius 1 is 0.926 bits per heavy atom. The third-order valence-electron chi connectivity index (χ3n) is 4.92. The van der Waals surface area contributed by atoms with E-state index in [-0.39, 0.29) is 5.25 Å². The van der Waals surface area contributed by atoms with Crippen molar-refractivity contribution in [2.75, 3.05) is 18.8 Å². The first-order chi connectivity index (χ1) is 13.1. The number of halogens is 1. The van der Waals surface area contributed by atoms with Crippen LogP contribution >= 0.6 is 23.4 Å². The number of thioether (sulfide) groups is 1. The Balaban J connectivity index is 1.62. The van der Waals surface area contributed by atoms with Gasteiger partial charge in [0.25, 0.3) is 0 Å². The van der Waals surface area contributed by atoms with Crippen LogP contribution in [-0.2, 0) is 10.0 Å². The summed E-state index contributed by atoms with van der Waals surface area (Å²) >= 11 is 8.13. The van der Waals surface area contributed by atoms with Gasteiger partial charge in [-0.1, -0.05) is 66.2 Å². The van der Waals surface area contributed by atoms with Crippen molar-refractivity contribution in [1.29, 1.82) is 0 Å². The fourth-order valence-corrected chi connectivity index (χ4v) is 6.92. The third-order valence-corrected chi connectivity index (χ3v) is 8.53. The Kier molecular flexibility index (Phi) is 5.46. The molecule has 6 heteroatoms. The lowest BCUT2D eigenvalue weighted by Crippen LogP contribution is -2.33. The number of benzene rings is 3. The average molecular weight is 418 g/mol. The Labute approximate surface area is 169 Å². The smallest absolute Gasteiger partial charge is 0.207 e. The molecule has 4 rings (SSSR count). The van der Waals surface area contributed by atoms with Gasteiger partial charge in [-0.3, -0.25) is 0 Å². The Hall–Kier alpha value is -1.53. The van der Waals surface area contributed by atoms with Crippen LogP contribution in [0.1, 0.15) is 17.2 Å². The van der Waals surface area contributed by atoms with Gasteiger partial charge in [-0.2, -0.15) is 16.1 Å². The monoisotopic (exact) mass is 417 g/mol. The topological polar surface area (TPSA) is 37.4 Å². The minimum Gasteiger partial charge on any atom is -0.207 e. The van der Waals surface area contributed by atoms with Crippen LogP contribution in [0.3, 0.4) is 0 Å². The molecule has 0 bridgehead atoms. The van der Waals surface area contributed by atoms with Gasteiger partial charge in [-0.25, -0.2) is 8.42 Å². The minimum absolute atomic E-state index is 0.214. The molecule has 1 atom stereocenters. The molecule has 0 radical (unpaired) electrons. The summed E-state index contributed by atoms with van der Waals surface area (Å²) in [6, 6.07) is 20.9. The predicted molar refractivity (Wildman–Crippen MR) is 114 cm³/mol. The van der Waals surface area contributed by atoms with Gasteiger partial charge in [0.2, 0.25) is 10.0 Å². The van der Waals surface area contributed by atoms with Gasteiger partial charge < -0.3 is 0 Å². The summed E-state index contributed by atoms with van der Waals surface area (Å²) in [7, 11) is -3.54. The quantitative estimate of drug-likeness (QED) is 0.575. The summed E-state index contributed by atoms with van der Waals surface area (Å²) in [5.41, 5.74) is 1.09. The van der Waals surface area contributed by atoms with Gasteiger partial charge >= 0.3 is 0 Å². The van der Waals surface area contributed by atoms with E-state index < -0.39 is 10.0 Å². The van der Waals surface area contributed by atoms with Crippen molar-refractivity contribution in [2.45, 2.75) is 16.6 Å². The van der Waals surface area contributed by atoms with Crippen LogP contribution in [0.15, 0.2) is 71.6 Å². The van der Waals surface area contributed by atoms with Crippen molar-refractivity contribution in [1.82, 2.24) is 4.31 Å². The zero-order chi connectivity index (χ0) is 18.9. The number of fused-ring (bicyclic) bond motifs is 1. The normalized spacial score (nSPS) is 19.1. The molecular weight excluding hydrogens is 398 g/mol. The summed E-state index contributed by atoms with van der Waals surface area (Å²) in [6.07, 6.45) is 0.748. The SMILES string of the molecule is O=S(=O)(c1cccc2ccccc12)N1CCSC(c2ccccc2Cl)CC1. The highest BCUT2D eigenvalue weighted by molar-refractivity contribution is 7.99. The molecule has 0 saturated carbocycles. The Bertz CT molecular complexity index is 1060. The average Bonchev–Trinajstić information content (AvgIpc) is 2.94. The highest BCUT2D eigenvalue weighted by Gasteiger charge is 2.30. The van der Waals surface area contributed by atoms with Crippen molar-refractivity contribution in [3.8, 4) is 0 Å². The molecule has 27 heavy (non-hydrogen) atoms. The molecule has 140 valence electrons. The van der Waals surface area contributed by atoms with Crippen LogP contribution in [0, 0.1) is 0 Å². The van der Waals surface area contributed by atoms with Crippen LogP contribution in [0.4, 0.5) is 0 Å². The molecule has 1 unspecified atom stereocenters. The molecule has 1 heterocycles. The van der Waals surface area contributed by atoms with Crippen LogP contribution in [0.25, 0.3) is 10.8 Å². The van der Waals surface area contributed by atoms with Gasteiger partial charge in [0.1, 0.15) is 0 Å². The lowest BCUT2D eigenvalue weighted by molar-refractivity contribution is 0.428. The van der Waals surface area contributed by atoms with Crippen molar-refractivity contribution >= 4 is 44.2 Å². The molecule has 0 spiro atoms. The molecule has 0 aromatic heterocycles. The van der Waals surface area contributed by atoms with Crippen molar-refractivity contribution in [3.05, 3.63) is 77.3 Å². The zero-order valence-corrected chi connectivity index (χ0v) is 17.1. The van der Waals surface area contributed by atoms with Gasteiger partial charge in [-0.05, 0) is 29.5 Å². The predicted octanol–water partition coefficient (Wildman–Crippen LogP) is 5.36. The lowest BCUT2D eigenvalue weighted by Gasteiger charge is -2.21. The second kappa shape index (κ2) is 7.84. The molecule has 1 fully saturated rings. The molecule has 0 amide bonds. The fraction of sp³-hybridized carbons (Fsp3) is 0.238. The first-order valence-electron chi connectivity index (χ1n) is 8.91. The minimum atomic E-state index is -3.54. The number of nitrogens with zero attached hydrogens (tertiary/aromatic N) is 1. The number of rotatable bonds is 3. The van der Waals surface area contributed by atoms with Gasteiger partial charge in [0.05, 0.1) is 4.90 Å². The van der Waals surface area contributed by atoms with E-state index in [1.54, 1.807) is 22.1 Å². The van der Waals surface area contributed by atoms with Crippen molar-refractivity contribution < 1.29 is 8.42 Å². The molecule has 3 aromatic rings. The maximum absolute atomic E-state index is 13.4. The second-order valence-corrected chi connectivity index (χ2v) is 10.2. The maximum Gasteiger partial charge on any atom is 0.243 e. The van der Waals surface area contributed by atoms with Crippen molar-refractivity contribution in [3.63, 3.8) is 0 Å². The van der Waals surface area contributed by atoms with Crippen LogP contribution in [0.2, 0.25) is 5.02 Å². The molecule has 1 aliphatic heterocycles. The Morgan fingerprint density at radius 3 is 2.52 bits per heavy atom. The van der Waals surface area contributed by atoms with Crippen LogP contribution < -0.4 is 0 Å². The van der Waals surface area contributed by atoms with E-state index in [0.717, 1.165) is 33.5 Å². The van der Waals surface area contributed by atoms with E-state index in [1.807, 2.05) is 60.7 Å². The van der Waals surface area contributed by atoms with Crippen molar-refractivity contribution in [2.24, 2.45) is 0 Å². The highest BCUT2D eigenvalue weighted by Crippen LogP contribution is 2.39. The molecule has 1 aliphatic rings. The maximum atomic E-state index is 13.4. The number of hydrogen-bond donors (Lipinski definition) is 0. The van der Waals surface area contributed by atoms with E-state index in [0.29, 0.717) is 18.0 Å². The summed E-state index contributed by atoms with van der Waals surface area (Å²) in [6.45, 7) is 1.01. The molecule has 0 N–H and O–H groups in total. The van der Waals surface area contributed by atoms with Gasteiger partial charge in [-0.15, -0.1) is 0 Å². The van der Waals surface area contributed by atoms with E-state index in [9.17, 15) is 8.42 Å². The lowest BCUT2D eigenvalue weighted by atomic mass is 10.1. The number of sulfonamides is 1. The fourth-order valence-electron chi connectivity index (χ4n) is 3.53. The van der Waals surface area contributed by atoms with E-state index >= 15 is 0 Å². The number of hydrogen-bond acceptors (Lipinski definition) is 3. The molecular formula is C21H20ClNO2S2. The standard InChI is InChI=1S/C21H20ClNO2S2/c22-19-10-4-3-9-18(19)20-12-13-23(14-15-26-20)27(24,25)21-11-5-7-16-6-1-2-8-17(16)21/h1-11,20H,12-15H2. The largest absolute Gasteiger partial charge is 0.243 e. The van der Waals surface area contributed by atoms with E-state index in [4.69, 9.17) is 11.6 Å². The van der Waals surface area contributed by atoms with Gasteiger partial charge in [0.15, 0.2) is 0 Å². The van der Waals surface area contributed by atoms with Crippen LogP contribution in [-0.4, -0.2) is 31.6 Å². The summed E-state index contributed by atoms with van der Waals surface area (Å²) in [4.78, 5) is 0.391.